The van der Waals surface area contributed by atoms with Crippen molar-refractivity contribution in [2.24, 2.45) is 5.41 Å². The van der Waals surface area contributed by atoms with Gasteiger partial charge >= 0.3 is 0 Å². The van der Waals surface area contributed by atoms with Gasteiger partial charge in [0.2, 0.25) is 0 Å². The van der Waals surface area contributed by atoms with Gasteiger partial charge in [-0.3, -0.25) is 0 Å². The van der Waals surface area contributed by atoms with Gasteiger partial charge < -0.3 is 9.84 Å². The Kier molecular flexibility index (Phi) is 5.18. The lowest BCUT2D eigenvalue weighted by atomic mass is 9.87. The molecule has 0 aromatic heterocycles. The predicted octanol–water partition coefficient (Wildman–Crippen LogP) is 1.99. The molecule has 0 bridgehead atoms. The van der Waals surface area contributed by atoms with E-state index in [9.17, 15) is 0 Å². The summed E-state index contributed by atoms with van der Waals surface area (Å²) in [7, 11) is 1.72. The summed E-state index contributed by atoms with van der Waals surface area (Å²) in [6, 6.07) is 0. The zero-order chi connectivity index (χ0) is 9.61. The third-order valence-corrected chi connectivity index (χ3v) is 1.87. The van der Waals surface area contributed by atoms with Gasteiger partial charge in [0, 0.05) is 7.11 Å². The molecule has 0 saturated carbocycles. The first kappa shape index (κ1) is 11.7. The number of rotatable bonds is 4. The molecule has 12 heavy (non-hydrogen) atoms. The quantitative estimate of drug-likeness (QED) is 0.657. The minimum absolute atomic E-state index is 0.112. The second kappa shape index (κ2) is 5.33. The van der Waals surface area contributed by atoms with Crippen molar-refractivity contribution in [3.8, 4) is 0 Å². The first-order valence-corrected chi connectivity index (χ1v) is 4.31. The van der Waals surface area contributed by atoms with Crippen LogP contribution in [0.3, 0.4) is 0 Å². The Balaban J connectivity index is 3.92. The van der Waals surface area contributed by atoms with E-state index >= 15 is 0 Å². The first-order valence-electron chi connectivity index (χ1n) is 4.31. The normalized spacial score (nSPS) is 15.4. The molecule has 0 aliphatic rings. The fourth-order valence-corrected chi connectivity index (χ4v) is 1.10. The van der Waals surface area contributed by atoms with Gasteiger partial charge in [-0.25, -0.2) is 0 Å². The summed E-state index contributed by atoms with van der Waals surface area (Å²) in [6.07, 6.45) is 4.79. The largest absolute Gasteiger partial charge is 0.392 e. The van der Waals surface area contributed by atoms with Gasteiger partial charge in [0.15, 0.2) is 0 Å². The maximum absolute atomic E-state index is 8.53. The van der Waals surface area contributed by atoms with Crippen LogP contribution in [0.1, 0.15) is 27.2 Å². The second-order valence-electron chi connectivity index (χ2n) is 3.98. The van der Waals surface area contributed by atoms with E-state index in [1.54, 1.807) is 13.2 Å². The van der Waals surface area contributed by atoms with E-state index in [-0.39, 0.29) is 18.1 Å². The lowest BCUT2D eigenvalue weighted by Gasteiger charge is -2.28. The van der Waals surface area contributed by atoms with Crippen LogP contribution in [0.15, 0.2) is 12.2 Å². The number of hydrogen-bond acceptors (Lipinski definition) is 2. The van der Waals surface area contributed by atoms with Gasteiger partial charge in [0.05, 0.1) is 12.7 Å². The highest BCUT2D eigenvalue weighted by Crippen LogP contribution is 2.24. The van der Waals surface area contributed by atoms with Crippen LogP contribution in [-0.2, 0) is 4.74 Å². The van der Waals surface area contributed by atoms with Crippen molar-refractivity contribution in [1.82, 2.24) is 0 Å². The molecule has 0 saturated heterocycles. The molecule has 2 nitrogen and oxygen atoms in total. The van der Waals surface area contributed by atoms with E-state index in [1.807, 2.05) is 6.08 Å². The molecule has 0 rings (SSSR count). The van der Waals surface area contributed by atoms with Crippen molar-refractivity contribution >= 4 is 0 Å². The highest BCUT2D eigenvalue weighted by Gasteiger charge is 2.22. The van der Waals surface area contributed by atoms with Crippen LogP contribution in [0.4, 0.5) is 0 Å². The van der Waals surface area contributed by atoms with Crippen molar-refractivity contribution in [2.75, 3.05) is 13.7 Å². The van der Waals surface area contributed by atoms with Crippen LogP contribution < -0.4 is 0 Å². The maximum atomic E-state index is 8.53. The Hall–Kier alpha value is -0.340. The number of aliphatic hydroxyl groups is 1. The van der Waals surface area contributed by atoms with E-state index in [0.29, 0.717) is 0 Å². The second-order valence-corrected chi connectivity index (χ2v) is 3.98. The van der Waals surface area contributed by atoms with Crippen molar-refractivity contribution in [1.29, 1.82) is 0 Å². The first-order chi connectivity index (χ1) is 5.52. The van der Waals surface area contributed by atoms with Crippen molar-refractivity contribution in [3.63, 3.8) is 0 Å². The zero-order valence-electron chi connectivity index (χ0n) is 8.50. The average molecular weight is 172 g/mol. The van der Waals surface area contributed by atoms with Gasteiger partial charge in [0.1, 0.15) is 0 Å². The number of methoxy groups -OCH3 is 1. The van der Waals surface area contributed by atoms with Crippen molar-refractivity contribution in [3.05, 3.63) is 12.2 Å². The standard InChI is InChI=1S/C10H20O2/c1-10(2,3)9(12-4)7-5-6-8-11/h5-6,9,11H,7-8H2,1-4H3. The van der Waals surface area contributed by atoms with E-state index in [1.165, 1.54) is 0 Å². The van der Waals surface area contributed by atoms with E-state index in [4.69, 9.17) is 9.84 Å². The molecule has 2 heteroatoms. The topological polar surface area (TPSA) is 29.5 Å². The van der Waals surface area contributed by atoms with E-state index in [2.05, 4.69) is 20.8 Å². The third-order valence-electron chi connectivity index (χ3n) is 1.87. The molecule has 0 aliphatic heterocycles. The lowest BCUT2D eigenvalue weighted by Crippen LogP contribution is -2.27. The minimum Gasteiger partial charge on any atom is -0.392 e. The van der Waals surface area contributed by atoms with Crippen LogP contribution >= 0.6 is 0 Å². The smallest absolute Gasteiger partial charge is 0.0653 e. The minimum atomic E-state index is 0.112. The molecule has 0 spiro atoms. The molecular formula is C10H20O2. The Morgan fingerprint density at radius 3 is 2.25 bits per heavy atom. The average Bonchev–Trinajstić information content (AvgIpc) is 1.95. The van der Waals surface area contributed by atoms with E-state index < -0.39 is 0 Å². The number of hydrogen-bond donors (Lipinski definition) is 1. The number of ether oxygens (including phenoxy) is 1. The molecule has 1 atom stereocenters. The van der Waals surface area contributed by atoms with Gasteiger partial charge in [-0.1, -0.05) is 32.9 Å². The third kappa shape index (κ3) is 4.52. The Bertz CT molecular complexity index is 133. The summed E-state index contributed by atoms with van der Waals surface area (Å²) in [6.45, 7) is 6.55. The van der Waals surface area contributed by atoms with Crippen LogP contribution in [0, 0.1) is 5.41 Å². The summed E-state index contributed by atoms with van der Waals surface area (Å²) in [5.74, 6) is 0. The molecule has 1 unspecified atom stereocenters. The van der Waals surface area contributed by atoms with Crippen molar-refractivity contribution < 1.29 is 9.84 Å². The van der Waals surface area contributed by atoms with Crippen LogP contribution in [0.5, 0.6) is 0 Å². The number of aliphatic hydroxyl groups excluding tert-OH is 1. The van der Waals surface area contributed by atoms with Gasteiger partial charge in [-0.15, -0.1) is 0 Å². The van der Waals surface area contributed by atoms with Crippen molar-refractivity contribution in [2.45, 2.75) is 33.3 Å². The SMILES string of the molecule is COC(CC=CCO)C(C)(C)C. The van der Waals surface area contributed by atoms with Crippen LogP contribution in [0.2, 0.25) is 0 Å². The summed E-state index contributed by atoms with van der Waals surface area (Å²) < 4.78 is 5.33. The Morgan fingerprint density at radius 1 is 1.33 bits per heavy atom. The highest BCUT2D eigenvalue weighted by molar-refractivity contribution is 4.87. The molecule has 72 valence electrons. The molecule has 1 N–H and O–H groups in total. The molecule has 0 fully saturated rings. The fraction of sp³-hybridized carbons (Fsp3) is 0.800. The lowest BCUT2D eigenvalue weighted by molar-refractivity contribution is 0.0192. The summed E-state index contributed by atoms with van der Waals surface area (Å²) in [5, 5.41) is 8.53. The fourth-order valence-electron chi connectivity index (χ4n) is 1.10. The monoisotopic (exact) mass is 172 g/mol. The van der Waals surface area contributed by atoms with E-state index in [0.717, 1.165) is 6.42 Å². The summed E-state index contributed by atoms with van der Waals surface area (Å²) in [5.41, 5.74) is 0.161. The Morgan fingerprint density at radius 2 is 1.92 bits per heavy atom. The molecule has 0 radical (unpaired) electrons. The predicted molar refractivity (Wildman–Crippen MR) is 51.1 cm³/mol. The van der Waals surface area contributed by atoms with Gasteiger partial charge in [-0.05, 0) is 11.8 Å². The molecule has 0 aromatic rings. The maximum Gasteiger partial charge on any atom is 0.0653 e. The molecule has 0 aliphatic carbocycles. The summed E-state index contributed by atoms with van der Waals surface area (Å²) >= 11 is 0. The molecule has 0 amide bonds. The zero-order valence-corrected chi connectivity index (χ0v) is 8.50. The van der Waals surface area contributed by atoms with Crippen LogP contribution in [-0.4, -0.2) is 24.9 Å². The highest BCUT2D eigenvalue weighted by atomic mass is 16.5. The molecule has 0 heterocycles. The van der Waals surface area contributed by atoms with Gasteiger partial charge in [-0.2, -0.15) is 0 Å². The van der Waals surface area contributed by atoms with Crippen LogP contribution in [0.25, 0.3) is 0 Å². The summed E-state index contributed by atoms with van der Waals surface area (Å²) in [4.78, 5) is 0. The molecule has 0 aromatic carbocycles. The Labute approximate surface area is 75.2 Å². The molecular weight excluding hydrogens is 152 g/mol. The van der Waals surface area contributed by atoms with Gasteiger partial charge in [0.25, 0.3) is 0 Å².